The van der Waals surface area contributed by atoms with Crippen molar-refractivity contribution in [2.24, 2.45) is 17.8 Å². The number of carbonyl (C=O) groups excluding carboxylic acids is 2. The smallest absolute Gasteiger partial charge is 0.246 e. The maximum absolute atomic E-state index is 13.2. The van der Waals surface area contributed by atoms with E-state index in [0.29, 0.717) is 11.6 Å². The first-order valence-electron chi connectivity index (χ1n) is 8.81. The van der Waals surface area contributed by atoms with E-state index in [4.69, 9.17) is 0 Å². The van der Waals surface area contributed by atoms with E-state index >= 15 is 0 Å². The molecule has 1 amide bonds. The van der Waals surface area contributed by atoms with Crippen molar-refractivity contribution in [2.75, 3.05) is 13.6 Å². The number of Topliss-reactive ketones (excluding diaryl/α,β-unsaturated/α-hetero) is 1. The molecule has 1 saturated heterocycles. The number of H-pyrrole nitrogens is 1. The van der Waals surface area contributed by atoms with E-state index in [9.17, 15) is 14.7 Å². The Morgan fingerprint density at radius 1 is 1.42 bits per heavy atom. The van der Waals surface area contributed by atoms with Crippen LogP contribution in [0.2, 0.25) is 0 Å². The number of hydrogen-bond donors (Lipinski definition) is 2. The van der Waals surface area contributed by atoms with Crippen molar-refractivity contribution in [3.8, 4) is 0 Å². The number of hydrogen-bond acceptors (Lipinski definition) is 4. The van der Waals surface area contributed by atoms with Crippen LogP contribution in [0.5, 0.6) is 0 Å². The second-order valence-corrected chi connectivity index (χ2v) is 7.83. The number of fused-ring (bicyclic) bond motifs is 2. The third-order valence-electron chi connectivity index (χ3n) is 6.72. The number of likely N-dealkylation sites (N-methyl/N-ethyl adjacent to an activating group) is 1. The summed E-state index contributed by atoms with van der Waals surface area (Å²) in [5.41, 5.74) is -0.249. The van der Waals surface area contributed by atoms with E-state index in [-0.39, 0.29) is 24.2 Å². The van der Waals surface area contributed by atoms with Crippen LogP contribution >= 0.6 is 0 Å². The molecule has 0 spiro atoms. The highest BCUT2D eigenvalue weighted by Crippen LogP contribution is 2.55. The highest BCUT2D eigenvalue weighted by atomic mass is 16.3. The predicted octanol–water partition coefficient (Wildman–Crippen LogP) is 1.44. The Labute approximate surface area is 141 Å². The van der Waals surface area contributed by atoms with Gasteiger partial charge in [0, 0.05) is 6.20 Å². The SMILES string of the molecule is CN1C(O)N(CC(=O)c2ccc[nH]2)C(=O)C1(C)C1C[C@@H]2CC[C@H]1C2. The van der Waals surface area contributed by atoms with Crippen LogP contribution in [0.15, 0.2) is 18.3 Å². The highest BCUT2D eigenvalue weighted by Gasteiger charge is 2.61. The van der Waals surface area contributed by atoms with Crippen LogP contribution in [-0.4, -0.2) is 57.1 Å². The Morgan fingerprint density at radius 3 is 2.79 bits per heavy atom. The van der Waals surface area contributed by atoms with E-state index in [2.05, 4.69) is 4.98 Å². The van der Waals surface area contributed by atoms with E-state index in [1.54, 1.807) is 30.3 Å². The predicted molar refractivity (Wildman–Crippen MR) is 87.9 cm³/mol. The number of aromatic amines is 1. The minimum Gasteiger partial charge on any atom is -0.361 e. The summed E-state index contributed by atoms with van der Waals surface area (Å²) >= 11 is 0. The minimum absolute atomic E-state index is 0.0960. The molecule has 2 saturated carbocycles. The molecule has 2 bridgehead atoms. The molecule has 24 heavy (non-hydrogen) atoms. The van der Waals surface area contributed by atoms with E-state index in [0.717, 1.165) is 12.3 Å². The molecule has 3 aliphatic rings. The zero-order valence-electron chi connectivity index (χ0n) is 14.2. The van der Waals surface area contributed by atoms with Gasteiger partial charge in [-0.15, -0.1) is 0 Å². The lowest BCUT2D eigenvalue weighted by atomic mass is 9.74. The molecule has 130 valence electrons. The standard InChI is InChI=1S/C18H25N3O3/c1-18(13-9-11-5-6-12(13)8-11)16(23)21(17(24)20(18)2)10-15(22)14-4-3-7-19-14/h3-4,7,11-13,17,19,24H,5-6,8-10H2,1-2H3/t11-,12+,13?,17?,18?/m1/s1. The molecular formula is C18H25N3O3. The second-order valence-electron chi connectivity index (χ2n) is 7.83. The number of aliphatic hydroxyl groups is 1. The molecule has 6 nitrogen and oxygen atoms in total. The van der Waals surface area contributed by atoms with Gasteiger partial charge in [0.05, 0.1) is 12.2 Å². The molecule has 3 unspecified atom stereocenters. The van der Waals surface area contributed by atoms with Gasteiger partial charge in [-0.25, -0.2) is 4.90 Å². The average molecular weight is 331 g/mol. The lowest BCUT2D eigenvalue weighted by Crippen LogP contribution is -2.53. The summed E-state index contributed by atoms with van der Waals surface area (Å²) in [5, 5.41) is 10.6. The van der Waals surface area contributed by atoms with Crippen LogP contribution in [0.3, 0.4) is 0 Å². The van der Waals surface area contributed by atoms with Crippen molar-refractivity contribution in [3.05, 3.63) is 24.0 Å². The molecule has 2 heterocycles. The first kappa shape index (κ1) is 15.8. The maximum Gasteiger partial charge on any atom is 0.246 e. The molecule has 5 atom stereocenters. The van der Waals surface area contributed by atoms with E-state index < -0.39 is 11.9 Å². The lowest BCUT2D eigenvalue weighted by Gasteiger charge is -2.39. The van der Waals surface area contributed by atoms with Crippen molar-refractivity contribution in [3.63, 3.8) is 0 Å². The van der Waals surface area contributed by atoms with Gasteiger partial charge in [-0.1, -0.05) is 6.42 Å². The van der Waals surface area contributed by atoms with Crippen molar-refractivity contribution in [2.45, 2.75) is 44.5 Å². The summed E-state index contributed by atoms with van der Waals surface area (Å²) in [6.07, 6.45) is 5.36. The summed E-state index contributed by atoms with van der Waals surface area (Å²) in [6.45, 7) is 1.85. The molecule has 6 heteroatoms. The molecule has 4 rings (SSSR count). The fraction of sp³-hybridized carbons (Fsp3) is 0.667. The Balaban J connectivity index is 1.57. The van der Waals surface area contributed by atoms with Crippen molar-refractivity contribution >= 4 is 11.7 Å². The summed E-state index contributed by atoms with van der Waals surface area (Å²) in [6, 6.07) is 3.44. The largest absolute Gasteiger partial charge is 0.361 e. The molecule has 1 aromatic heterocycles. The van der Waals surface area contributed by atoms with Crippen molar-refractivity contribution < 1.29 is 14.7 Å². The third-order valence-corrected chi connectivity index (χ3v) is 6.72. The first-order valence-corrected chi connectivity index (χ1v) is 8.81. The van der Waals surface area contributed by atoms with Crippen LogP contribution in [0, 0.1) is 17.8 Å². The zero-order chi connectivity index (χ0) is 17.1. The molecular weight excluding hydrogens is 306 g/mol. The third kappa shape index (κ3) is 2.09. The second kappa shape index (κ2) is 5.43. The Bertz CT molecular complexity index is 658. The number of rotatable bonds is 4. The Hall–Kier alpha value is -1.66. The van der Waals surface area contributed by atoms with Crippen LogP contribution < -0.4 is 0 Å². The molecule has 2 N–H and O–H groups in total. The molecule has 0 radical (unpaired) electrons. The van der Waals surface area contributed by atoms with Gasteiger partial charge in [0.2, 0.25) is 5.91 Å². The molecule has 1 aromatic rings. The summed E-state index contributed by atoms with van der Waals surface area (Å²) in [7, 11) is 1.80. The van der Waals surface area contributed by atoms with Gasteiger partial charge in [0.15, 0.2) is 12.1 Å². The van der Waals surface area contributed by atoms with Gasteiger partial charge in [-0.05, 0) is 63.1 Å². The van der Waals surface area contributed by atoms with Gasteiger partial charge in [0.25, 0.3) is 0 Å². The lowest BCUT2D eigenvalue weighted by molar-refractivity contribution is -0.137. The zero-order valence-corrected chi connectivity index (χ0v) is 14.2. The molecule has 1 aliphatic heterocycles. The highest BCUT2D eigenvalue weighted by molar-refractivity contribution is 5.99. The fourth-order valence-corrected chi connectivity index (χ4v) is 5.25. The van der Waals surface area contributed by atoms with E-state index in [1.807, 2.05) is 6.92 Å². The van der Waals surface area contributed by atoms with Crippen molar-refractivity contribution in [1.29, 1.82) is 0 Å². The number of nitrogens with zero attached hydrogens (tertiary/aromatic N) is 2. The topological polar surface area (TPSA) is 76.6 Å². The summed E-state index contributed by atoms with van der Waals surface area (Å²) < 4.78 is 0. The van der Waals surface area contributed by atoms with Crippen LogP contribution in [-0.2, 0) is 4.79 Å². The van der Waals surface area contributed by atoms with Gasteiger partial charge < -0.3 is 10.1 Å². The normalized spacial score (nSPS) is 39.1. The van der Waals surface area contributed by atoms with Gasteiger partial charge in [-0.3, -0.25) is 14.5 Å². The number of aromatic nitrogens is 1. The van der Waals surface area contributed by atoms with Crippen molar-refractivity contribution in [1.82, 2.24) is 14.8 Å². The first-order chi connectivity index (χ1) is 11.4. The average Bonchev–Trinajstić information content (AvgIpc) is 3.35. The Morgan fingerprint density at radius 2 is 2.21 bits per heavy atom. The van der Waals surface area contributed by atoms with Crippen LogP contribution in [0.25, 0.3) is 0 Å². The quantitative estimate of drug-likeness (QED) is 0.819. The molecule has 3 fully saturated rings. The molecule has 2 aliphatic carbocycles. The number of ketones is 1. The summed E-state index contributed by atoms with van der Waals surface area (Å²) in [4.78, 5) is 31.5. The maximum atomic E-state index is 13.2. The number of aliphatic hydroxyl groups excluding tert-OH is 1. The van der Waals surface area contributed by atoms with E-state index in [1.165, 1.54) is 24.2 Å². The van der Waals surface area contributed by atoms with Crippen LogP contribution in [0.1, 0.15) is 43.1 Å². The van der Waals surface area contributed by atoms with Gasteiger partial charge in [0.1, 0.15) is 5.54 Å². The monoisotopic (exact) mass is 331 g/mol. The Kier molecular flexibility index (Phi) is 3.58. The van der Waals surface area contributed by atoms with Crippen LogP contribution in [0.4, 0.5) is 0 Å². The summed E-state index contributed by atoms with van der Waals surface area (Å²) in [5.74, 6) is 1.27. The minimum atomic E-state index is -1.04. The number of carbonyl (C=O) groups is 2. The fourth-order valence-electron chi connectivity index (χ4n) is 5.25. The van der Waals surface area contributed by atoms with Gasteiger partial charge >= 0.3 is 0 Å². The van der Waals surface area contributed by atoms with Gasteiger partial charge in [-0.2, -0.15) is 0 Å². The number of amides is 1. The molecule has 0 aromatic carbocycles. The number of nitrogens with one attached hydrogen (secondary N) is 1.